The molecule has 0 aromatic heterocycles. The van der Waals surface area contributed by atoms with Crippen LogP contribution in [0.25, 0.3) is 0 Å². The summed E-state index contributed by atoms with van der Waals surface area (Å²) in [7, 11) is -3.74. The highest BCUT2D eigenvalue weighted by Crippen LogP contribution is 2.35. The second-order valence-electron chi connectivity index (χ2n) is 9.71. The molecule has 0 spiro atoms. The van der Waals surface area contributed by atoms with Crippen molar-refractivity contribution >= 4 is 43.5 Å². The quantitative estimate of drug-likeness (QED) is 0.436. The molecule has 2 amide bonds. The van der Waals surface area contributed by atoms with Gasteiger partial charge >= 0.3 is 0 Å². The van der Waals surface area contributed by atoms with Gasteiger partial charge in [0.1, 0.15) is 5.75 Å². The Morgan fingerprint density at radius 2 is 1.67 bits per heavy atom. The Kier molecular flexibility index (Phi) is 8.34. The van der Waals surface area contributed by atoms with Gasteiger partial charge in [0.25, 0.3) is 5.91 Å². The molecule has 2 atom stereocenters. The van der Waals surface area contributed by atoms with Crippen LogP contribution in [0.4, 0.5) is 5.69 Å². The molecule has 0 saturated carbocycles. The van der Waals surface area contributed by atoms with E-state index in [1.165, 1.54) is 4.31 Å². The second kappa shape index (κ2) is 11.9. The summed E-state index contributed by atoms with van der Waals surface area (Å²) >= 11 is 3.34. The summed E-state index contributed by atoms with van der Waals surface area (Å²) in [6, 6.07) is 23.5. The van der Waals surface area contributed by atoms with E-state index in [-0.39, 0.29) is 29.8 Å². The first-order chi connectivity index (χ1) is 18.8. The van der Waals surface area contributed by atoms with Crippen molar-refractivity contribution in [2.75, 3.05) is 31.1 Å². The minimum Gasteiger partial charge on any atom is -0.477 e. The summed E-state index contributed by atoms with van der Waals surface area (Å²) in [5, 5.41) is 2.93. The summed E-state index contributed by atoms with van der Waals surface area (Å²) in [5.74, 6) is -0.572. The number of benzene rings is 3. The standard InChI is InChI=1S/C29H30BrN3O5S/c30-23-12-14-24(15-13-23)39(36,37)32-18-6-9-22(19-32)29(35)33-20-27(38-26-11-5-4-10-25(26)33)28(34)31-17-16-21-7-2-1-3-8-21/h1-5,7-8,10-15,22,27H,6,9,16-20H2,(H,31,34)/t22-,27-/m0/s1. The zero-order chi connectivity index (χ0) is 27.4. The Balaban J connectivity index is 1.29. The number of fused-ring (bicyclic) bond motifs is 1. The lowest BCUT2D eigenvalue weighted by Crippen LogP contribution is -2.54. The van der Waals surface area contributed by atoms with Crippen LogP contribution in [0.2, 0.25) is 0 Å². The van der Waals surface area contributed by atoms with Crippen LogP contribution in [0.3, 0.4) is 0 Å². The Morgan fingerprint density at radius 3 is 2.44 bits per heavy atom. The Bertz CT molecular complexity index is 1430. The van der Waals surface area contributed by atoms with Crippen LogP contribution in [0.15, 0.2) is 88.2 Å². The molecule has 204 valence electrons. The van der Waals surface area contributed by atoms with Gasteiger partial charge in [-0.1, -0.05) is 58.4 Å². The lowest BCUT2D eigenvalue weighted by molar-refractivity contribution is -0.129. The lowest BCUT2D eigenvalue weighted by atomic mass is 9.97. The number of rotatable bonds is 7. The summed E-state index contributed by atoms with van der Waals surface area (Å²) in [5.41, 5.74) is 1.70. The van der Waals surface area contributed by atoms with Crippen molar-refractivity contribution < 1.29 is 22.7 Å². The van der Waals surface area contributed by atoms with Gasteiger partial charge in [0.05, 0.1) is 23.0 Å². The van der Waals surface area contributed by atoms with Crippen LogP contribution in [0.1, 0.15) is 18.4 Å². The summed E-state index contributed by atoms with van der Waals surface area (Å²) in [6.07, 6.45) is 0.953. The molecular formula is C29H30BrN3O5S. The van der Waals surface area contributed by atoms with Crippen LogP contribution in [-0.4, -0.2) is 56.8 Å². The lowest BCUT2D eigenvalue weighted by Gasteiger charge is -2.38. The molecule has 1 fully saturated rings. The van der Waals surface area contributed by atoms with Crippen molar-refractivity contribution in [3.05, 3.63) is 88.9 Å². The SMILES string of the molecule is O=C(NCCc1ccccc1)[C@@H]1CN(C(=O)[C@H]2CCCN(S(=O)(=O)c3ccc(Br)cc3)C2)c2ccccc2O1. The number of nitrogens with zero attached hydrogens (tertiary/aromatic N) is 2. The molecule has 1 N–H and O–H groups in total. The molecule has 2 aliphatic rings. The predicted octanol–water partition coefficient (Wildman–Crippen LogP) is 4.00. The van der Waals surface area contributed by atoms with Crippen LogP contribution in [0, 0.1) is 5.92 Å². The molecule has 0 radical (unpaired) electrons. The minimum atomic E-state index is -3.74. The van der Waals surface area contributed by atoms with Crippen molar-refractivity contribution in [2.45, 2.75) is 30.3 Å². The first-order valence-electron chi connectivity index (χ1n) is 13.0. The van der Waals surface area contributed by atoms with E-state index in [1.54, 1.807) is 47.4 Å². The number of nitrogens with one attached hydrogen (secondary N) is 1. The van der Waals surface area contributed by atoms with Crippen molar-refractivity contribution in [3.63, 3.8) is 0 Å². The molecule has 2 aliphatic heterocycles. The fourth-order valence-corrected chi connectivity index (χ4v) is 6.79. The summed E-state index contributed by atoms with van der Waals surface area (Å²) in [6.45, 7) is 0.950. The highest BCUT2D eigenvalue weighted by molar-refractivity contribution is 9.10. The largest absolute Gasteiger partial charge is 0.477 e. The number of carbonyl (C=O) groups is 2. The fourth-order valence-electron chi connectivity index (χ4n) is 5.01. The number of para-hydroxylation sites is 2. The summed E-state index contributed by atoms with van der Waals surface area (Å²) in [4.78, 5) is 28.7. The van der Waals surface area contributed by atoms with Crippen LogP contribution < -0.4 is 15.0 Å². The van der Waals surface area contributed by atoms with Crippen molar-refractivity contribution in [3.8, 4) is 5.75 Å². The van der Waals surface area contributed by atoms with Gasteiger partial charge < -0.3 is 15.0 Å². The normalized spacial score (nSPS) is 19.6. The van der Waals surface area contributed by atoms with E-state index in [0.717, 1.165) is 10.0 Å². The first kappa shape index (κ1) is 27.4. The van der Waals surface area contributed by atoms with Gasteiger partial charge in [-0.3, -0.25) is 9.59 Å². The molecular weight excluding hydrogens is 582 g/mol. The molecule has 10 heteroatoms. The van der Waals surface area contributed by atoms with E-state index in [0.29, 0.717) is 43.8 Å². The Hall–Kier alpha value is -3.21. The van der Waals surface area contributed by atoms with Crippen molar-refractivity contribution in [1.29, 1.82) is 0 Å². The van der Waals surface area contributed by atoms with E-state index in [2.05, 4.69) is 21.2 Å². The van der Waals surface area contributed by atoms with Crippen molar-refractivity contribution in [1.82, 2.24) is 9.62 Å². The number of anilines is 1. The van der Waals surface area contributed by atoms with Gasteiger partial charge in [0, 0.05) is 24.1 Å². The number of hydrogen-bond donors (Lipinski definition) is 1. The van der Waals surface area contributed by atoms with Crippen molar-refractivity contribution in [2.24, 2.45) is 5.92 Å². The third-order valence-electron chi connectivity index (χ3n) is 7.07. The number of sulfonamides is 1. The van der Waals surface area contributed by atoms with Crippen LogP contribution in [-0.2, 0) is 26.0 Å². The van der Waals surface area contributed by atoms with E-state index in [9.17, 15) is 18.0 Å². The maximum atomic E-state index is 13.8. The molecule has 3 aromatic rings. The number of halogens is 1. The van der Waals surface area contributed by atoms with E-state index < -0.39 is 22.0 Å². The van der Waals surface area contributed by atoms with Gasteiger partial charge in [-0.15, -0.1) is 0 Å². The molecule has 0 aliphatic carbocycles. The molecule has 8 nitrogen and oxygen atoms in total. The molecule has 0 bridgehead atoms. The second-order valence-corrected chi connectivity index (χ2v) is 12.6. The molecule has 39 heavy (non-hydrogen) atoms. The fraction of sp³-hybridized carbons (Fsp3) is 0.310. The predicted molar refractivity (Wildman–Crippen MR) is 152 cm³/mol. The summed E-state index contributed by atoms with van der Waals surface area (Å²) < 4.78 is 34.8. The maximum absolute atomic E-state index is 13.8. The zero-order valence-corrected chi connectivity index (χ0v) is 23.7. The number of carbonyl (C=O) groups excluding carboxylic acids is 2. The van der Waals surface area contributed by atoms with Gasteiger partial charge in [-0.05, 0) is 61.2 Å². The van der Waals surface area contributed by atoms with Crippen LogP contribution >= 0.6 is 15.9 Å². The third-order valence-corrected chi connectivity index (χ3v) is 9.48. The average Bonchev–Trinajstić information content (AvgIpc) is 2.97. The van der Waals surface area contributed by atoms with E-state index >= 15 is 0 Å². The van der Waals surface area contributed by atoms with Gasteiger partial charge in [0.15, 0.2) is 6.10 Å². The monoisotopic (exact) mass is 611 g/mol. The van der Waals surface area contributed by atoms with E-state index in [4.69, 9.17) is 4.74 Å². The number of piperidine rings is 1. The van der Waals surface area contributed by atoms with Crippen LogP contribution in [0.5, 0.6) is 5.75 Å². The number of amides is 2. The smallest absolute Gasteiger partial charge is 0.262 e. The minimum absolute atomic E-state index is 0.0585. The third kappa shape index (κ3) is 6.18. The zero-order valence-electron chi connectivity index (χ0n) is 21.3. The van der Waals surface area contributed by atoms with Gasteiger partial charge in [-0.2, -0.15) is 4.31 Å². The van der Waals surface area contributed by atoms with Gasteiger partial charge in [-0.25, -0.2) is 8.42 Å². The maximum Gasteiger partial charge on any atom is 0.262 e. The topological polar surface area (TPSA) is 96.0 Å². The molecule has 1 saturated heterocycles. The first-order valence-corrected chi connectivity index (χ1v) is 15.2. The molecule has 5 rings (SSSR count). The number of hydrogen-bond acceptors (Lipinski definition) is 5. The molecule has 3 aromatic carbocycles. The average molecular weight is 613 g/mol. The highest BCUT2D eigenvalue weighted by Gasteiger charge is 2.39. The Morgan fingerprint density at radius 1 is 0.949 bits per heavy atom. The molecule has 2 heterocycles. The molecule has 0 unspecified atom stereocenters. The van der Waals surface area contributed by atoms with E-state index in [1.807, 2.05) is 36.4 Å². The Labute approximate surface area is 237 Å². The van der Waals surface area contributed by atoms with Gasteiger partial charge in [0.2, 0.25) is 15.9 Å². The highest BCUT2D eigenvalue weighted by atomic mass is 79.9. The number of ether oxygens (including phenoxy) is 1.